The van der Waals surface area contributed by atoms with E-state index in [9.17, 15) is 0 Å². The first-order valence-corrected chi connectivity index (χ1v) is 7.31. The van der Waals surface area contributed by atoms with E-state index >= 15 is 0 Å². The van der Waals surface area contributed by atoms with Gasteiger partial charge in [-0.2, -0.15) is 5.10 Å². The highest BCUT2D eigenvalue weighted by Gasteiger charge is 2.22. The molecule has 0 saturated carbocycles. The van der Waals surface area contributed by atoms with E-state index in [0.717, 1.165) is 30.1 Å². The maximum atomic E-state index is 4.73. The minimum absolute atomic E-state index is 0.667. The fourth-order valence-electron chi connectivity index (χ4n) is 2.52. The Labute approximate surface area is 106 Å². The summed E-state index contributed by atoms with van der Waals surface area (Å²) in [6, 6.07) is 0. The van der Waals surface area contributed by atoms with Crippen LogP contribution in [0, 0.1) is 11.8 Å². The van der Waals surface area contributed by atoms with Crippen LogP contribution >= 0.6 is 11.3 Å². The van der Waals surface area contributed by atoms with Crippen LogP contribution in [0.5, 0.6) is 0 Å². The minimum Gasteiger partial charge on any atom is -0.222 e. The molecule has 0 spiro atoms. The molecule has 92 valence electrons. The second-order valence-corrected chi connectivity index (χ2v) is 6.68. The summed E-state index contributed by atoms with van der Waals surface area (Å²) in [4.78, 5) is 5.83. The van der Waals surface area contributed by atoms with Gasteiger partial charge in [0, 0.05) is 6.42 Å². The quantitative estimate of drug-likeness (QED) is 0.818. The molecule has 0 fully saturated rings. The molecule has 2 aromatic rings. The molecule has 3 nitrogen and oxygen atoms in total. The Morgan fingerprint density at radius 2 is 2.29 bits per heavy atom. The van der Waals surface area contributed by atoms with Gasteiger partial charge in [-0.3, -0.25) is 0 Å². The molecular formula is C13H19N3S. The molecule has 0 radical (unpaired) electrons. The average molecular weight is 249 g/mol. The van der Waals surface area contributed by atoms with Gasteiger partial charge in [-0.15, -0.1) is 0 Å². The molecule has 0 bridgehead atoms. The number of fused-ring (bicyclic) bond motifs is 3. The summed E-state index contributed by atoms with van der Waals surface area (Å²) >= 11 is 1.76. The Balaban J connectivity index is 2.01. The van der Waals surface area contributed by atoms with Crippen LogP contribution in [0.4, 0.5) is 0 Å². The Bertz CT molecular complexity index is 538. The van der Waals surface area contributed by atoms with Gasteiger partial charge in [-0.25, -0.2) is 9.50 Å². The monoisotopic (exact) mass is 249 g/mol. The summed E-state index contributed by atoms with van der Waals surface area (Å²) in [6.45, 7) is 6.80. The van der Waals surface area contributed by atoms with Crippen LogP contribution in [0.15, 0.2) is 0 Å². The van der Waals surface area contributed by atoms with Gasteiger partial charge >= 0.3 is 0 Å². The normalized spacial score (nSPS) is 20.1. The van der Waals surface area contributed by atoms with Crippen LogP contribution in [-0.2, 0) is 19.3 Å². The van der Waals surface area contributed by atoms with Gasteiger partial charge in [0.25, 0.3) is 0 Å². The Morgan fingerprint density at radius 1 is 1.47 bits per heavy atom. The van der Waals surface area contributed by atoms with Gasteiger partial charge in [0.05, 0.1) is 11.4 Å². The smallest absolute Gasteiger partial charge is 0.212 e. The molecule has 2 aromatic heterocycles. The molecule has 0 aromatic carbocycles. The lowest BCUT2D eigenvalue weighted by Crippen LogP contribution is -2.13. The zero-order valence-electron chi connectivity index (χ0n) is 10.7. The second-order valence-electron chi connectivity index (χ2n) is 5.64. The molecule has 1 aliphatic rings. The number of aryl methyl sites for hydroxylation is 1. The van der Waals surface area contributed by atoms with E-state index in [0.29, 0.717) is 5.92 Å². The fraction of sp³-hybridized carbons (Fsp3) is 0.692. The van der Waals surface area contributed by atoms with Gasteiger partial charge in [-0.1, -0.05) is 32.1 Å². The molecule has 2 heterocycles. The third kappa shape index (κ3) is 1.99. The van der Waals surface area contributed by atoms with Crippen molar-refractivity contribution in [2.75, 3.05) is 0 Å². The largest absolute Gasteiger partial charge is 0.222 e. The summed E-state index contributed by atoms with van der Waals surface area (Å²) in [6.07, 6.45) is 4.61. The third-order valence-electron chi connectivity index (χ3n) is 3.42. The van der Waals surface area contributed by atoms with Gasteiger partial charge in [0.2, 0.25) is 4.96 Å². The molecular weight excluding hydrogens is 230 g/mol. The number of imidazole rings is 1. The molecule has 0 N–H and O–H groups in total. The van der Waals surface area contributed by atoms with Crippen molar-refractivity contribution in [2.24, 2.45) is 11.8 Å². The van der Waals surface area contributed by atoms with Crippen molar-refractivity contribution in [3.05, 3.63) is 16.4 Å². The molecule has 17 heavy (non-hydrogen) atoms. The Morgan fingerprint density at radius 3 is 3.06 bits per heavy atom. The molecule has 0 aliphatic heterocycles. The Hall–Kier alpha value is -0.900. The summed E-state index contributed by atoms with van der Waals surface area (Å²) in [5.41, 5.74) is 2.66. The van der Waals surface area contributed by atoms with Gasteiger partial charge < -0.3 is 0 Å². The topological polar surface area (TPSA) is 30.2 Å². The Kier molecular flexibility index (Phi) is 2.69. The zero-order chi connectivity index (χ0) is 12.0. The first kappa shape index (κ1) is 11.2. The highest BCUT2D eigenvalue weighted by Crippen LogP contribution is 2.28. The SMILES string of the molecule is CC(C)Cc1nn2c3c(nc2s1)CCC(C)C3. The van der Waals surface area contributed by atoms with Gasteiger partial charge in [-0.05, 0) is 31.1 Å². The maximum Gasteiger partial charge on any atom is 0.212 e. The number of aromatic nitrogens is 3. The number of hydrogen-bond acceptors (Lipinski definition) is 3. The molecule has 0 saturated heterocycles. The van der Waals surface area contributed by atoms with E-state index in [-0.39, 0.29) is 0 Å². The van der Waals surface area contributed by atoms with Crippen LogP contribution in [0.3, 0.4) is 0 Å². The van der Waals surface area contributed by atoms with E-state index in [1.54, 1.807) is 11.3 Å². The van der Waals surface area contributed by atoms with Crippen LogP contribution in [-0.4, -0.2) is 14.6 Å². The molecule has 0 amide bonds. The summed E-state index contributed by atoms with van der Waals surface area (Å²) in [7, 11) is 0. The first-order chi connectivity index (χ1) is 8.13. The fourth-order valence-corrected chi connectivity index (χ4v) is 3.67. The predicted molar refractivity (Wildman–Crippen MR) is 70.6 cm³/mol. The van der Waals surface area contributed by atoms with Gasteiger partial charge in [0.1, 0.15) is 5.01 Å². The highest BCUT2D eigenvalue weighted by atomic mass is 32.1. The van der Waals surface area contributed by atoms with Crippen molar-refractivity contribution in [1.82, 2.24) is 14.6 Å². The van der Waals surface area contributed by atoms with Crippen molar-refractivity contribution >= 4 is 16.3 Å². The average Bonchev–Trinajstić information content (AvgIpc) is 2.74. The third-order valence-corrected chi connectivity index (χ3v) is 4.35. The van der Waals surface area contributed by atoms with Crippen LogP contribution in [0.1, 0.15) is 43.6 Å². The number of nitrogens with zero attached hydrogens (tertiary/aromatic N) is 3. The lowest BCUT2D eigenvalue weighted by molar-refractivity contribution is 0.484. The van der Waals surface area contributed by atoms with Crippen molar-refractivity contribution in [3.63, 3.8) is 0 Å². The summed E-state index contributed by atoms with van der Waals surface area (Å²) < 4.78 is 2.10. The standard InChI is InChI=1S/C13H19N3S/c1-8(2)6-12-15-16-11-7-9(3)4-5-10(11)14-13(16)17-12/h8-9H,4-7H2,1-3H3. The zero-order valence-corrected chi connectivity index (χ0v) is 11.5. The van der Waals surface area contributed by atoms with Crippen molar-refractivity contribution in [2.45, 2.75) is 46.5 Å². The molecule has 3 rings (SSSR count). The number of rotatable bonds is 2. The predicted octanol–water partition coefficient (Wildman–Crippen LogP) is 3.11. The van der Waals surface area contributed by atoms with E-state index < -0.39 is 0 Å². The number of hydrogen-bond donors (Lipinski definition) is 0. The van der Waals surface area contributed by atoms with E-state index in [1.807, 2.05) is 0 Å². The molecule has 1 atom stereocenters. The van der Waals surface area contributed by atoms with E-state index in [1.165, 1.54) is 22.8 Å². The lowest BCUT2D eigenvalue weighted by atomic mass is 9.92. The lowest BCUT2D eigenvalue weighted by Gasteiger charge is -2.16. The molecule has 1 aliphatic carbocycles. The second kappa shape index (κ2) is 4.09. The summed E-state index contributed by atoms with van der Waals surface area (Å²) in [5, 5.41) is 5.96. The van der Waals surface area contributed by atoms with Crippen LogP contribution in [0.25, 0.3) is 4.96 Å². The summed E-state index contributed by atoms with van der Waals surface area (Å²) in [5.74, 6) is 1.44. The van der Waals surface area contributed by atoms with Crippen molar-refractivity contribution < 1.29 is 0 Å². The van der Waals surface area contributed by atoms with Crippen molar-refractivity contribution in [1.29, 1.82) is 0 Å². The maximum absolute atomic E-state index is 4.73. The van der Waals surface area contributed by atoms with E-state index in [2.05, 4.69) is 25.3 Å². The minimum atomic E-state index is 0.667. The molecule has 4 heteroatoms. The van der Waals surface area contributed by atoms with Gasteiger partial charge in [0.15, 0.2) is 0 Å². The first-order valence-electron chi connectivity index (χ1n) is 6.49. The van der Waals surface area contributed by atoms with Crippen molar-refractivity contribution in [3.8, 4) is 0 Å². The van der Waals surface area contributed by atoms with E-state index in [4.69, 9.17) is 10.1 Å². The van der Waals surface area contributed by atoms with Crippen LogP contribution in [0.2, 0.25) is 0 Å². The highest BCUT2D eigenvalue weighted by molar-refractivity contribution is 7.16. The molecule has 1 unspecified atom stereocenters. The van der Waals surface area contributed by atoms with Crippen LogP contribution < -0.4 is 0 Å².